The number of pyridine rings is 1. The van der Waals surface area contributed by atoms with Crippen LogP contribution < -0.4 is 10.6 Å². The van der Waals surface area contributed by atoms with Crippen molar-refractivity contribution in [2.24, 2.45) is 0 Å². The van der Waals surface area contributed by atoms with Gasteiger partial charge in [-0.2, -0.15) is 5.10 Å². The number of benzene rings is 2. The normalized spacial score (nSPS) is 10.6. The quantitative estimate of drug-likeness (QED) is 0.291. The third-order valence-corrected chi connectivity index (χ3v) is 5.45. The first-order valence-corrected chi connectivity index (χ1v) is 10.8. The van der Waals surface area contributed by atoms with Crippen LogP contribution in [-0.4, -0.2) is 31.5 Å². The Morgan fingerprint density at radius 1 is 1.00 bits per heavy atom. The van der Waals surface area contributed by atoms with Crippen molar-refractivity contribution in [2.75, 3.05) is 10.6 Å². The summed E-state index contributed by atoms with van der Waals surface area (Å²) in [7, 11) is 0. The van der Waals surface area contributed by atoms with E-state index in [2.05, 4.69) is 20.7 Å². The number of carbonyl (C=O) groups is 2. The van der Waals surface area contributed by atoms with E-state index in [0.717, 1.165) is 11.6 Å². The van der Waals surface area contributed by atoms with Gasteiger partial charge in [0.15, 0.2) is 0 Å². The van der Waals surface area contributed by atoms with E-state index in [1.54, 1.807) is 50.2 Å². The SMILES string of the molecule is Cc1nn(Cc2ccc(C(=O)Nc3cc(F)ccc3NC(=O)c3ccccn3)cc2)c(C)c1[N+](=O)[O-]. The summed E-state index contributed by atoms with van der Waals surface area (Å²) in [5, 5.41) is 20.7. The fourth-order valence-corrected chi connectivity index (χ4v) is 3.65. The highest BCUT2D eigenvalue weighted by Crippen LogP contribution is 2.25. The average Bonchev–Trinajstić information content (AvgIpc) is 3.14. The molecular weight excluding hydrogens is 467 g/mol. The van der Waals surface area contributed by atoms with E-state index in [1.807, 2.05) is 0 Å². The molecule has 2 aromatic carbocycles. The lowest BCUT2D eigenvalue weighted by Gasteiger charge is -2.13. The molecule has 4 aromatic rings. The maximum atomic E-state index is 13.9. The molecule has 0 radical (unpaired) electrons. The largest absolute Gasteiger partial charge is 0.320 e. The summed E-state index contributed by atoms with van der Waals surface area (Å²) < 4.78 is 15.4. The van der Waals surface area contributed by atoms with Gasteiger partial charge in [-0.15, -0.1) is 0 Å². The van der Waals surface area contributed by atoms with Crippen molar-refractivity contribution >= 4 is 28.9 Å². The second-order valence-corrected chi connectivity index (χ2v) is 7.94. The summed E-state index contributed by atoms with van der Waals surface area (Å²) >= 11 is 0. The van der Waals surface area contributed by atoms with Crippen LogP contribution in [-0.2, 0) is 6.54 Å². The van der Waals surface area contributed by atoms with Crippen molar-refractivity contribution in [1.29, 1.82) is 0 Å². The van der Waals surface area contributed by atoms with Gasteiger partial charge in [0.2, 0.25) is 0 Å². The zero-order valence-electron chi connectivity index (χ0n) is 19.4. The number of hydrogen-bond acceptors (Lipinski definition) is 6. The van der Waals surface area contributed by atoms with Crippen LogP contribution in [0.5, 0.6) is 0 Å². The fraction of sp³-hybridized carbons (Fsp3) is 0.120. The zero-order chi connectivity index (χ0) is 25.8. The summed E-state index contributed by atoms with van der Waals surface area (Å²) in [6.07, 6.45) is 1.47. The molecule has 2 aromatic heterocycles. The van der Waals surface area contributed by atoms with Crippen LogP contribution in [0, 0.1) is 29.8 Å². The molecule has 2 N–H and O–H groups in total. The Labute approximate surface area is 204 Å². The predicted octanol–water partition coefficient (Wildman–Crippen LogP) is 4.50. The third kappa shape index (κ3) is 5.25. The van der Waals surface area contributed by atoms with Gasteiger partial charge in [-0.25, -0.2) is 4.39 Å². The summed E-state index contributed by atoms with van der Waals surface area (Å²) in [4.78, 5) is 40.0. The summed E-state index contributed by atoms with van der Waals surface area (Å²) in [6, 6.07) is 15.1. The third-order valence-electron chi connectivity index (χ3n) is 5.45. The molecule has 0 atom stereocenters. The van der Waals surface area contributed by atoms with Gasteiger partial charge in [0.05, 0.1) is 22.8 Å². The predicted molar refractivity (Wildman–Crippen MR) is 130 cm³/mol. The van der Waals surface area contributed by atoms with Crippen molar-refractivity contribution in [3.63, 3.8) is 0 Å². The molecule has 0 aliphatic heterocycles. The molecule has 11 heteroatoms. The Morgan fingerprint density at radius 2 is 1.72 bits per heavy atom. The Bertz CT molecular complexity index is 1450. The van der Waals surface area contributed by atoms with Gasteiger partial charge in [-0.1, -0.05) is 18.2 Å². The van der Waals surface area contributed by atoms with Crippen LogP contribution in [0.1, 0.15) is 37.8 Å². The number of amides is 2. The average molecular weight is 488 g/mol. The number of nitrogens with one attached hydrogen (secondary N) is 2. The number of aromatic nitrogens is 3. The molecule has 2 amide bonds. The number of nitro groups is 1. The number of nitrogens with zero attached hydrogens (tertiary/aromatic N) is 4. The lowest BCUT2D eigenvalue weighted by molar-refractivity contribution is -0.386. The number of aryl methyl sites for hydroxylation is 1. The summed E-state index contributed by atoms with van der Waals surface area (Å²) in [5.41, 5.74) is 2.28. The van der Waals surface area contributed by atoms with E-state index in [9.17, 15) is 24.1 Å². The minimum absolute atomic E-state index is 0.0213. The van der Waals surface area contributed by atoms with E-state index >= 15 is 0 Å². The molecule has 182 valence electrons. The highest BCUT2D eigenvalue weighted by molar-refractivity contribution is 6.09. The van der Waals surface area contributed by atoms with Gasteiger partial charge in [0.1, 0.15) is 22.9 Å². The van der Waals surface area contributed by atoms with Crippen LogP contribution in [0.3, 0.4) is 0 Å². The molecule has 36 heavy (non-hydrogen) atoms. The lowest BCUT2D eigenvalue weighted by atomic mass is 10.1. The number of rotatable bonds is 7. The first kappa shape index (κ1) is 24.2. The molecule has 0 bridgehead atoms. The summed E-state index contributed by atoms with van der Waals surface area (Å²) in [6.45, 7) is 3.49. The monoisotopic (exact) mass is 488 g/mol. The van der Waals surface area contributed by atoms with Crippen LogP contribution in [0.25, 0.3) is 0 Å². The number of halogens is 1. The van der Waals surface area contributed by atoms with E-state index < -0.39 is 22.6 Å². The highest BCUT2D eigenvalue weighted by Gasteiger charge is 2.21. The van der Waals surface area contributed by atoms with Crippen LogP contribution in [0.2, 0.25) is 0 Å². The molecule has 0 aliphatic rings. The van der Waals surface area contributed by atoms with Crippen LogP contribution >= 0.6 is 0 Å². The molecule has 4 rings (SSSR count). The molecule has 0 saturated heterocycles. The minimum atomic E-state index is -0.588. The van der Waals surface area contributed by atoms with Gasteiger partial charge in [-0.05, 0) is 61.9 Å². The molecule has 2 heterocycles. The Balaban J connectivity index is 1.48. The van der Waals surface area contributed by atoms with Gasteiger partial charge in [-0.3, -0.25) is 29.4 Å². The topological polar surface area (TPSA) is 132 Å². The highest BCUT2D eigenvalue weighted by atomic mass is 19.1. The van der Waals surface area contributed by atoms with Gasteiger partial charge >= 0.3 is 5.69 Å². The zero-order valence-corrected chi connectivity index (χ0v) is 19.4. The molecule has 0 fully saturated rings. The first-order chi connectivity index (χ1) is 17.2. The molecule has 0 unspecified atom stereocenters. The van der Waals surface area contributed by atoms with Crippen molar-refractivity contribution < 1.29 is 18.9 Å². The molecular formula is C25H21FN6O4. The lowest BCUT2D eigenvalue weighted by Crippen LogP contribution is -2.17. The van der Waals surface area contributed by atoms with E-state index in [0.29, 0.717) is 17.0 Å². The first-order valence-electron chi connectivity index (χ1n) is 10.8. The smallest absolute Gasteiger partial charge is 0.312 e. The number of hydrogen-bond donors (Lipinski definition) is 2. The maximum Gasteiger partial charge on any atom is 0.312 e. The van der Waals surface area contributed by atoms with E-state index in [1.165, 1.54) is 29.1 Å². The van der Waals surface area contributed by atoms with Crippen molar-refractivity contribution in [2.45, 2.75) is 20.4 Å². The van der Waals surface area contributed by atoms with Crippen LogP contribution in [0.15, 0.2) is 66.9 Å². The molecule has 10 nitrogen and oxygen atoms in total. The molecule has 0 spiro atoms. The number of anilines is 2. The fourth-order valence-electron chi connectivity index (χ4n) is 3.65. The second-order valence-electron chi connectivity index (χ2n) is 7.94. The van der Waals surface area contributed by atoms with Crippen molar-refractivity contribution in [3.8, 4) is 0 Å². The Morgan fingerprint density at radius 3 is 2.36 bits per heavy atom. The van der Waals surface area contributed by atoms with E-state index in [4.69, 9.17) is 0 Å². The number of carbonyl (C=O) groups excluding carboxylic acids is 2. The molecule has 0 saturated carbocycles. The summed E-state index contributed by atoms with van der Waals surface area (Å²) in [5.74, 6) is -1.61. The van der Waals surface area contributed by atoms with Crippen molar-refractivity contribution in [3.05, 3.63) is 111 Å². The van der Waals surface area contributed by atoms with E-state index in [-0.39, 0.29) is 29.3 Å². The van der Waals surface area contributed by atoms with Gasteiger partial charge in [0, 0.05) is 11.8 Å². The molecule has 0 aliphatic carbocycles. The van der Waals surface area contributed by atoms with Gasteiger partial charge < -0.3 is 10.6 Å². The standard InChI is InChI=1S/C25H21FN6O4/c1-15-23(32(35)36)16(2)31(30-15)14-17-6-8-18(9-7-17)24(33)29-22-13-19(26)10-11-20(22)28-25(34)21-5-3-4-12-27-21/h3-13H,14H2,1-2H3,(H,28,34)(H,29,33). The van der Waals surface area contributed by atoms with Crippen LogP contribution in [0.4, 0.5) is 21.5 Å². The Kier molecular flexibility index (Phi) is 6.81. The van der Waals surface area contributed by atoms with Crippen molar-refractivity contribution in [1.82, 2.24) is 14.8 Å². The maximum absolute atomic E-state index is 13.9. The second kappa shape index (κ2) is 10.1. The Hall–Kier alpha value is -4.93. The minimum Gasteiger partial charge on any atom is -0.320 e. The van der Waals surface area contributed by atoms with Gasteiger partial charge in [0.25, 0.3) is 11.8 Å².